The van der Waals surface area contributed by atoms with Crippen LogP contribution in [-0.2, 0) is 81.6 Å². The quantitative estimate of drug-likeness (QED) is 0.149. The Labute approximate surface area is 309 Å². The molecule has 0 amide bonds. The van der Waals surface area contributed by atoms with Crippen LogP contribution in [-0.4, -0.2) is 93.0 Å². The Morgan fingerprint density at radius 2 is 1.02 bits per heavy atom. The highest BCUT2D eigenvalue weighted by atomic mass is 16.8. The molecule has 6 unspecified atom stereocenters. The van der Waals surface area contributed by atoms with Crippen molar-refractivity contribution in [2.45, 2.75) is 109 Å². The Balaban J connectivity index is 1.52. The van der Waals surface area contributed by atoms with Gasteiger partial charge in [-0.2, -0.15) is 0 Å². The van der Waals surface area contributed by atoms with Crippen LogP contribution in [0.15, 0.2) is 91.0 Å². The molecular formula is C40H48O13. The zero-order valence-corrected chi connectivity index (χ0v) is 30.6. The number of rotatable bonds is 16. The van der Waals surface area contributed by atoms with E-state index in [1.54, 1.807) is 6.92 Å². The molecule has 2 fully saturated rings. The van der Waals surface area contributed by atoms with Gasteiger partial charge in [-0.25, -0.2) is 0 Å². The molecule has 13 nitrogen and oxygen atoms in total. The van der Waals surface area contributed by atoms with Gasteiger partial charge in [0, 0.05) is 27.9 Å². The first-order chi connectivity index (χ1) is 25.6. The van der Waals surface area contributed by atoms with E-state index in [0.717, 1.165) is 16.7 Å². The van der Waals surface area contributed by atoms with Gasteiger partial charge >= 0.3 is 17.9 Å². The molecule has 3 aromatic carbocycles. The minimum atomic E-state index is -1.36. The summed E-state index contributed by atoms with van der Waals surface area (Å²) in [6, 6.07) is 28.9. The number of carbonyl (C=O) groups excluding carboxylic acids is 3. The van der Waals surface area contributed by atoms with Crippen molar-refractivity contribution in [3.05, 3.63) is 108 Å². The number of ether oxygens (including phenoxy) is 10. The number of hydrogen-bond acceptors (Lipinski definition) is 13. The first kappa shape index (κ1) is 40.0. The Morgan fingerprint density at radius 1 is 0.547 bits per heavy atom. The minimum absolute atomic E-state index is 0.0278. The fourth-order valence-electron chi connectivity index (χ4n) is 6.37. The van der Waals surface area contributed by atoms with E-state index in [1.165, 1.54) is 27.9 Å². The number of methoxy groups -OCH3 is 1. The highest BCUT2D eigenvalue weighted by Crippen LogP contribution is 2.35. The van der Waals surface area contributed by atoms with E-state index in [4.69, 9.17) is 47.4 Å². The molecule has 0 bridgehead atoms. The third-order valence-corrected chi connectivity index (χ3v) is 8.71. The van der Waals surface area contributed by atoms with Crippen molar-refractivity contribution in [1.29, 1.82) is 0 Å². The first-order valence-corrected chi connectivity index (χ1v) is 17.6. The average molecular weight is 737 g/mol. The molecule has 0 spiro atoms. The smallest absolute Gasteiger partial charge is 0.303 e. The number of benzene rings is 3. The van der Waals surface area contributed by atoms with Gasteiger partial charge in [-0.05, 0) is 23.6 Å². The largest absolute Gasteiger partial charge is 0.456 e. The maximum absolute atomic E-state index is 12.5. The molecule has 2 heterocycles. The molecule has 0 aliphatic carbocycles. The molecule has 0 aromatic heterocycles. The van der Waals surface area contributed by atoms with Crippen molar-refractivity contribution in [1.82, 2.24) is 0 Å². The van der Waals surface area contributed by atoms with Crippen molar-refractivity contribution in [3.8, 4) is 0 Å². The topological polar surface area (TPSA) is 144 Å². The maximum atomic E-state index is 12.5. The second-order valence-electron chi connectivity index (χ2n) is 12.8. The summed E-state index contributed by atoms with van der Waals surface area (Å²) < 4.78 is 61.7. The Kier molecular flexibility index (Phi) is 14.9. The number of hydrogen-bond donors (Lipinski definition) is 0. The summed E-state index contributed by atoms with van der Waals surface area (Å²) in [5.41, 5.74) is 2.75. The fourth-order valence-corrected chi connectivity index (χ4v) is 6.37. The molecule has 0 N–H and O–H groups in total. The normalized spacial score (nSPS) is 28.5. The summed E-state index contributed by atoms with van der Waals surface area (Å²) >= 11 is 0. The summed E-state index contributed by atoms with van der Waals surface area (Å²) in [6.07, 6.45) is -10.4. The third kappa shape index (κ3) is 11.4. The second kappa shape index (κ2) is 19.7. The molecule has 10 atom stereocenters. The van der Waals surface area contributed by atoms with Crippen LogP contribution < -0.4 is 0 Å². The Hall–Kier alpha value is -4.21. The van der Waals surface area contributed by atoms with Crippen LogP contribution in [0.1, 0.15) is 44.4 Å². The fraction of sp³-hybridized carbons (Fsp3) is 0.475. The number of carbonyl (C=O) groups is 3. The van der Waals surface area contributed by atoms with Crippen molar-refractivity contribution in [2.24, 2.45) is 0 Å². The van der Waals surface area contributed by atoms with Gasteiger partial charge in [-0.15, -0.1) is 0 Å². The van der Waals surface area contributed by atoms with Crippen molar-refractivity contribution in [3.63, 3.8) is 0 Å². The lowest BCUT2D eigenvalue weighted by molar-refractivity contribution is -0.365. The Bertz CT molecular complexity index is 1570. The summed E-state index contributed by atoms with van der Waals surface area (Å²) in [6.45, 7) is 5.94. The van der Waals surface area contributed by atoms with E-state index >= 15 is 0 Å². The lowest BCUT2D eigenvalue weighted by Gasteiger charge is -2.49. The summed E-state index contributed by atoms with van der Waals surface area (Å²) in [5.74, 6) is -2.03. The highest BCUT2D eigenvalue weighted by Gasteiger charge is 2.55. The predicted molar refractivity (Wildman–Crippen MR) is 188 cm³/mol. The van der Waals surface area contributed by atoms with Gasteiger partial charge in [0.15, 0.2) is 30.9 Å². The predicted octanol–water partition coefficient (Wildman–Crippen LogP) is 4.67. The monoisotopic (exact) mass is 736 g/mol. The molecule has 53 heavy (non-hydrogen) atoms. The molecule has 2 aliphatic heterocycles. The van der Waals surface area contributed by atoms with E-state index in [9.17, 15) is 14.4 Å². The molecular weight excluding hydrogens is 688 g/mol. The zero-order valence-electron chi connectivity index (χ0n) is 30.6. The van der Waals surface area contributed by atoms with E-state index in [1.807, 2.05) is 91.0 Å². The summed E-state index contributed by atoms with van der Waals surface area (Å²) in [4.78, 5) is 37.0. The Morgan fingerprint density at radius 3 is 1.53 bits per heavy atom. The van der Waals surface area contributed by atoms with Crippen LogP contribution in [0.25, 0.3) is 0 Å². The summed E-state index contributed by atoms with van der Waals surface area (Å²) in [7, 11) is 1.52. The minimum Gasteiger partial charge on any atom is -0.456 e. The van der Waals surface area contributed by atoms with E-state index < -0.39 is 79.3 Å². The molecule has 286 valence electrons. The summed E-state index contributed by atoms with van der Waals surface area (Å²) in [5, 5.41) is 0. The molecule has 2 aliphatic rings. The molecule has 0 radical (unpaired) electrons. The van der Waals surface area contributed by atoms with Crippen LogP contribution >= 0.6 is 0 Å². The molecule has 5 rings (SSSR count). The van der Waals surface area contributed by atoms with Gasteiger partial charge in [0.1, 0.15) is 24.4 Å². The average Bonchev–Trinajstić information content (AvgIpc) is 3.14. The van der Waals surface area contributed by atoms with E-state index in [0.29, 0.717) is 0 Å². The standard InChI is InChI=1S/C40H48O13/c1-25-33(49-26(2)41)36(50-27(3)42)38(51-28(4)43)40(48-25)53-34-32(24-45-21-29-15-9-6-10-16-29)52-39(44-5)37(47-23-31-19-13-8-14-20-31)35(34)46-22-30-17-11-7-12-18-30/h6-20,25,32-40H,21-24H2,1-5H3/t25?,32?,33-,34-,35?,36?,37?,38?,39+,40-/m0/s1. The molecule has 3 aromatic rings. The highest BCUT2D eigenvalue weighted by molar-refractivity contribution is 5.68. The lowest BCUT2D eigenvalue weighted by atomic mass is 9.96. The van der Waals surface area contributed by atoms with Crippen LogP contribution in [0.4, 0.5) is 0 Å². The van der Waals surface area contributed by atoms with Crippen molar-refractivity contribution >= 4 is 17.9 Å². The van der Waals surface area contributed by atoms with Crippen LogP contribution in [0.5, 0.6) is 0 Å². The van der Waals surface area contributed by atoms with Crippen LogP contribution in [0.3, 0.4) is 0 Å². The molecule has 2 saturated heterocycles. The van der Waals surface area contributed by atoms with Gasteiger partial charge in [0.2, 0.25) is 0 Å². The van der Waals surface area contributed by atoms with Crippen LogP contribution in [0.2, 0.25) is 0 Å². The van der Waals surface area contributed by atoms with Gasteiger partial charge < -0.3 is 47.4 Å². The van der Waals surface area contributed by atoms with E-state index in [-0.39, 0.29) is 26.4 Å². The van der Waals surface area contributed by atoms with Gasteiger partial charge in [-0.1, -0.05) is 91.0 Å². The maximum Gasteiger partial charge on any atom is 0.303 e. The van der Waals surface area contributed by atoms with Gasteiger partial charge in [0.25, 0.3) is 0 Å². The SMILES string of the molecule is CO[C@@H]1OC(COCc2ccccc2)[C@H](O[C@@H]2OC(C)[C@H](OC(C)=O)C(OC(C)=O)C2OC(C)=O)C(OCc2ccccc2)C1OCc1ccccc1. The lowest BCUT2D eigenvalue weighted by Crippen LogP contribution is -2.66. The van der Waals surface area contributed by atoms with Crippen molar-refractivity contribution in [2.75, 3.05) is 13.7 Å². The number of esters is 3. The van der Waals surface area contributed by atoms with Crippen LogP contribution in [0, 0.1) is 0 Å². The third-order valence-electron chi connectivity index (χ3n) is 8.71. The second-order valence-corrected chi connectivity index (χ2v) is 12.8. The van der Waals surface area contributed by atoms with E-state index in [2.05, 4.69) is 0 Å². The molecule has 0 saturated carbocycles. The molecule has 13 heteroatoms. The first-order valence-electron chi connectivity index (χ1n) is 17.6. The van der Waals surface area contributed by atoms with Gasteiger partial charge in [0.05, 0.1) is 32.5 Å². The van der Waals surface area contributed by atoms with Gasteiger partial charge in [-0.3, -0.25) is 14.4 Å². The zero-order chi connectivity index (χ0) is 37.7. The van der Waals surface area contributed by atoms with Crippen molar-refractivity contribution < 1.29 is 61.8 Å².